The fourth-order valence-corrected chi connectivity index (χ4v) is 1.67. The Balaban J connectivity index is 2.99. The van der Waals surface area contributed by atoms with Crippen molar-refractivity contribution in [2.45, 2.75) is 32.9 Å². The van der Waals surface area contributed by atoms with Crippen molar-refractivity contribution in [3.8, 4) is 0 Å². The topological polar surface area (TPSA) is 48.4 Å². The van der Waals surface area contributed by atoms with Gasteiger partial charge in [-0.2, -0.15) is 0 Å². The normalized spacial score (nSPS) is 11.6. The fraction of sp³-hybridized carbons (Fsp3) is 0.615. The third-order valence-electron chi connectivity index (χ3n) is 3.10. The van der Waals surface area contributed by atoms with Crippen molar-refractivity contribution in [1.29, 1.82) is 0 Å². The van der Waals surface area contributed by atoms with Gasteiger partial charge in [-0.3, -0.25) is 0 Å². The molecule has 0 aromatic carbocycles. The number of aromatic nitrogens is 1. The zero-order valence-electron chi connectivity index (χ0n) is 11.4. The van der Waals surface area contributed by atoms with Crippen LogP contribution < -0.4 is 10.2 Å². The van der Waals surface area contributed by atoms with Gasteiger partial charge in [0.15, 0.2) is 0 Å². The van der Waals surface area contributed by atoms with Crippen LogP contribution in [0.15, 0.2) is 12.3 Å². The molecule has 0 saturated carbocycles. The van der Waals surface area contributed by atoms with Crippen molar-refractivity contribution in [1.82, 2.24) is 10.3 Å². The number of anilines is 1. The number of pyridine rings is 1. The number of nitrogens with one attached hydrogen (secondary N) is 1. The Morgan fingerprint density at radius 3 is 2.59 bits per heavy atom. The minimum atomic E-state index is -0.303. The van der Waals surface area contributed by atoms with Crippen molar-refractivity contribution in [3.05, 3.63) is 23.4 Å². The lowest BCUT2D eigenvalue weighted by molar-refractivity contribution is 0.215. The van der Waals surface area contributed by atoms with Gasteiger partial charge in [-0.05, 0) is 45.0 Å². The Labute approximate surface area is 104 Å². The maximum absolute atomic E-state index is 9.38. The molecule has 4 nitrogen and oxygen atoms in total. The van der Waals surface area contributed by atoms with E-state index in [0.717, 1.165) is 17.9 Å². The average molecular weight is 237 g/mol. The van der Waals surface area contributed by atoms with E-state index in [0.29, 0.717) is 0 Å². The smallest absolute Gasteiger partial charge is 0.131 e. The van der Waals surface area contributed by atoms with Gasteiger partial charge in [-0.1, -0.05) is 0 Å². The van der Waals surface area contributed by atoms with E-state index < -0.39 is 0 Å². The van der Waals surface area contributed by atoms with Crippen LogP contribution in [-0.4, -0.2) is 36.3 Å². The molecule has 0 atom stereocenters. The Morgan fingerprint density at radius 1 is 1.47 bits per heavy atom. The number of hydrogen-bond donors (Lipinski definition) is 2. The number of aliphatic hydroxyl groups is 1. The van der Waals surface area contributed by atoms with Crippen LogP contribution in [0.2, 0.25) is 0 Å². The molecule has 0 aliphatic rings. The second-order valence-electron chi connectivity index (χ2n) is 5.04. The molecule has 1 rings (SSSR count). The van der Waals surface area contributed by atoms with Crippen molar-refractivity contribution in [2.24, 2.45) is 0 Å². The number of rotatable bonds is 5. The summed E-state index contributed by atoms with van der Waals surface area (Å²) < 4.78 is 0. The maximum Gasteiger partial charge on any atom is 0.131 e. The molecule has 0 aliphatic carbocycles. The van der Waals surface area contributed by atoms with Crippen LogP contribution >= 0.6 is 0 Å². The molecule has 0 fully saturated rings. The largest absolute Gasteiger partial charge is 0.394 e. The van der Waals surface area contributed by atoms with Crippen LogP contribution in [0.3, 0.4) is 0 Å². The first-order valence-corrected chi connectivity index (χ1v) is 5.87. The molecule has 0 bridgehead atoms. The van der Waals surface area contributed by atoms with Crippen molar-refractivity contribution >= 4 is 5.82 Å². The van der Waals surface area contributed by atoms with Crippen molar-refractivity contribution < 1.29 is 5.11 Å². The number of hydrogen-bond acceptors (Lipinski definition) is 4. The van der Waals surface area contributed by atoms with Gasteiger partial charge < -0.3 is 15.3 Å². The van der Waals surface area contributed by atoms with Gasteiger partial charge in [-0.15, -0.1) is 0 Å². The zero-order valence-corrected chi connectivity index (χ0v) is 11.4. The summed E-state index contributed by atoms with van der Waals surface area (Å²) >= 11 is 0. The SMILES string of the molecule is CNCc1cnc(N(C)C(C)(C)CO)c(C)c1. The monoisotopic (exact) mass is 237 g/mol. The highest BCUT2D eigenvalue weighted by Crippen LogP contribution is 2.23. The van der Waals surface area contributed by atoms with E-state index in [1.165, 1.54) is 5.56 Å². The van der Waals surface area contributed by atoms with E-state index in [-0.39, 0.29) is 12.1 Å². The minimum absolute atomic E-state index is 0.100. The van der Waals surface area contributed by atoms with Crippen molar-refractivity contribution in [2.75, 3.05) is 25.6 Å². The lowest BCUT2D eigenvalue weighted by atomic mass is 10.0. The summed E-state index contributed by atoms with van der Waals surface area (Å²) in [5.41, 5.74) is 1.99. The van der Waals surface area contributed by atoms with E-state index in [2.05, 4.69) is 16.4 Å². The summed E-state index contributed by atoms with van der Waals surface area (Å²) in [5, 5.41) is 12.5. The molecule has 0 saturated heterocycles. The summed E-state index contributed by atoms with van der Waals surface area (Å²) in [6.45, 7) is 6.96. The average Bonchev–Trinajstić information content (AvgIpc) is 2.29. The fourth-order valence-electron chi connectivity index (χ4n) is 1.67. The summed E-state index contributed by atoms with van der Waals surface area (Å²) in [6, 6.07) is 2.13. The lowest BCUT2D eigenvalue weighted by Gasteiger charge is -2.35. The highest BCUT2D eigenvalue weighted by atomic mass is 16.3. The second-order valence-corrected chi connectivity index (χ2v) is 5.04. The van der Waals surface area contributed by atoms with E-state index in [1.807, 2.05) is 46.0 Å². The molecular weight excluding hydrogens is 214 g/mol. The first-order chi connectivity index (χ1) is 7.92. The van der Waals surface area contributed by atoms with E-state index in [9.17, 15) is 5.11 Å². The molecule has 1 aromatic rings. The first-order valence-electron chi connectivity index (χ1n) is 5.87. The standard InChI is InChI=1S/C13H23N3O/c1-10-6-11(7-14-4)8-15-12(10)16(5)13(2,3)9-17/h6,8,14,17H,7,9H2,1-5H3. The number of nitrogens with zero attached hydrogens (tertiary/aromatic N) is 2. The molecule has 0 spiro atoms. The number of likely N-dealkylation sites (N-methyl/N-ethyl adjacent to an activating group) is 1. The lowest BCUT2D eigenvalue weighted by Crippen LogP contribution is -2.45. The van der Waals surface area contributed by atoms with Crippen molar-refractivity contribution in [3.63, 3.8) is 0 Å². The third kappa shape index (κ3) is 3.17. The molecule has 0 unspecified atom stereocenters. The number of aryl methyl sites for hydroxylation is 1. The highest BCUT2D eigenvalue weighted by Gasteiger charge is 2.24. The quantitative estimate of drug-likeness (QED) is 0.811. The van der Waals surface area contributed by atoms with Crippen LogP contribution in [0.1, 0.15) is 25.0 Å². The molecule has 4 heteroatoms. The molecular formula is C13H23N3O. The summed E-state index contributed by atoms with van der Waals surface area (Å²) in [7, 11) is 3.88. The molecule has 17 heavy (non-hydrogen) atoms. The van der Waals surface area contributed by atoms with E-state index in [1.54, 1.807) is 0 Å². The first kappa shape index (κ1) is 13.9. The van der Waals surface area contributed by atoms with Gasteiger partial charge in [0.2, 0.25) is 0 Å². The predicted molar refractivity (Wildman–Crippen MR) is 71.3 cm³/mol. The molecule has 0 amide bonds. The Bertz CT molecular complexity index is 377. The molecule has 0 aliphatic heterocycles. The van der Waals surface area contributed by atoms with Crippen LogP contribution in [0.4, 0.5) is 5.82 Å². The minimum Gasteiger partial charge on any atom is -0.394 e. The Hall–Kier alpha value is -1.13. The predicted octanol–water partition coefficient (Wildman–Crippen LogP) is 1.32. The Kier molecular flexibility index (Phi) is 4.48. The van der Waals surface area contributed by atoms with Gasteiger partial charge in [0.05, 0.1) is 12.1 Å². The van der Waals surface area contributed by atoms with Gasteiger partial charge in [0, 0.05) is 19.8 Å². The summed E-state index contributed by atoms with van der Waals surface area (Å²) in [6.07, 6.45) is 1.88. The third-order valence-corrected chi connectivity index (χ3v) is 3.10. The maximum atomic E-state index is 9.38. The van der Waals surface area contributed by atoms with Crippen LogP contribution in [0.5, 0.6) is 0 Å². The van der Waals surface area contributed by atoms with Gasteiger partial charge in [0.1, 0.15) is 5.82 Å². The molecule has 1 heterocycles. The van der Waals surface area contributed by atoms with E-state index in [4.69, 9.17) is 0 Å². The van der Waals surface area contributed by atoms with E-state index >= 15 is 0 Å². The van der Waals surface area contributed by atoms with Gasteiger partial charge in [-0.25, -0.2) is 4.98 Å². The molecule has 0 radical (unpaired) electrons. The highest BCUT2D eigenvalue weighted by molar-refractivity contribution is 5.48. The number of aliphatic hydroxyl groups excluding tert-OH is 1. The van der Waals surface area contributed by atoms with Crippen LogP contribution in [0.25, 0.3) is 0 Å². The van der Waals surface area contributed by atoms with Gasteiger partial charge >= 0.3 is 0 Å². The van der Waals surface area contributed by atoms with Gasteiger partial charge in [0.25, 0.3) is 0 Å². The second kappa shape index (κ2) is 5.47. The van der Waals surface area contributed by atoms with Crippen LogP contribution in [-0.2, 0) is 6.54 Å². The van der Waals surface area contributed by atoms with Crippen LogP contribution in [0, 0.1) is 6.92 Å². The summed E-state index contributed by atoms with van der Waals surface area (Å²) in [4.78, 5) is 6.51. The summed E-state index contributed by atoms with van der Waals surface area (Å²) in [5.74, 6) is 0.920. The molecule has 96 valence electrons. The Morgan fingerprint density at radius 2 is 2.12 bits per heavy atom. The molecule has 2 N–H and O–H groups in total. The zero-order chi connectivity index (χ0) is 13.1. The molecule has 1 aromatic heterocycles.